The topological polar surface area (TPSA) is 38.3 Å². The van der Waals surface area contributed by atoms with Gasteiger partial charge in [0, 0.05) is 6.04 Å². The van der Waals surface area contributed by atoms with Gasteiger partial charge in [-0.15, -0.1) is 0 Å². The molecule has 2 heterocycles. The summed E-state index contributed by atoms with van der Waals surface area (Å²) < 4.78 is 5.71. The van der Waals surface area contributed by atoms with Gasteiger partial charge < -0.3 is 10.1 Å². The highest BCUT2D eigenvalue weighted by molar-refractivity contribution is 5.75. The van der Waals surface area contributed by atoms with E-state index in [2.05, 4.69) is 12.2 Å². The molecule has 0 aromatic heterocycles. The van der Waals surface area contributed by atoms with Crippen LogP contribution in [0, 0.1) is 17.8 Å². The van der Waals surface area contributed by atoms with Crippen LogP contribution in [0.5, 0.6) is 0 Å². The lowest BCUT2D eigenvalue weighted by molar-refractivity contribution is -0.163. The molecule has 5 atom stereocenters. The Labute approximate surface area is 96.9 Å². The smallest absolute Gasteiger partial charge is 0.311 e. The van der Waals surface area contributed by atoms with E-state index in [0.717, 1.165) is 13.0 Å². The Morgan fingerprint density at radius 3 is 2.75 bits per heavy atom. The minimum Gasteiger partial charge on any atom is -0.462 e. The van der Waals surface area contributed by atoms with Crippen LogP contribution in [-0.4, -0.2) is 24.7 Å². The number of rotatable bonds is 2. The van der Waals surface area contributed by atoms with Crippen molar-refractivity contribution in [2.75, 3.05) is 6.54 Å². The molecule has 0 amide bonds. The Morgan fingerprint density at radius 1 is 1.31 bits per heavy atom. The van der Waals surface area contributed by atoms with Gasteiger partial charge in [-0.2, -0.15) is 0 Å². The summed E-state index contributed by atoms with van der Waals surface area (Å²) in [5, 5.41) is 3.37. The molecule has 2 bridgehead atoms. The number of nitrogens with one attached hydrogen (secondary N) is 1. The summed E-state index contributed by atoms with van der Waals surface area (Å²) in [7, 11) is 0. The van der Waals surface area contributed by atoms with E-state index in [9.17, 15) is 4.79 Å². The first-order valence-electron chi connectivity index (χ1n) is 6.69. The Kier molecular flexibility index (Phi) is 2.66. The molecule has 3 heteroatoms. The zero-order chi connectivity index (χ0) is 11.1. The maximum Gasteiger partial charge on any atom is 0.311 e. The molecule has 0 aromatic rings. The molecule has 0 aromatic carbocycles. The molecule has 4 rings (SSSR count). The maximum atomic E-state index is 12.0. The number of ether oxygens (including phenoxy) is 1. The zero-order valence-electron chi connectivity index (χ0n) is 9.95. The van der Waals surface area contributed by atoms with Gasteiger partial charge in [0.2, 0.25) is 0 Å². The predicted octanol–water partition coefficient (Wildman–Crippen LogP) is 1.72. The van der Waals surface area contributed by atoms with Crippen LogP contribution in [0.2, 0.25) is 0 Å². The summed E-state index contributed by atoms with van der Waals surface area (Å²) in [5.41, 5.74) is 0. The number of carbonyl (C=O) groups excluding carboxylic acids is 1. The fraction of sp³-hybridized carbons (Fsp3) is 0.923. The van der Waals surface area contributed by atoms with Crippen molar-refractivity contribution < 1.29 is 9.53 Å². The SMILES string of the molecule is CC1CCCCC1OC(=O)C1C2CNC1C2. The van der Waals surface area contributed by atoms with E-state index in [1.807, 2.05) is 0 Å². The third-order valence-corrected chi connectivity index (χ3v) is 4.71. The van der Waals surface area contributed by atoms with Crippen LogP contribution in [0.25, 0.3) is 0 Å². The van der Waals surface area contributed by atoms with Gasteiger partial charge in [0.25, 0.3) is 0 Å². The van der Waals surface area contributed by atoms with Crippen molar-refractivity contribution in [1.29, 1.82) is 0 Å². The van der Waals surface area contributed by atoms with Gasteiger partial charge in [0.15, 0.2) is 0 Å². The number of carbonyl (C=O) groups is 1. The molecule has 2 aliphatic carbocycles. The molecule has 2 saturated carbocycles. The van der Waals surface area contributed by atoms with Crippen LogP contribution in [0.1, 0.15) is 39.0 Å². The van der Waals surface area contributed by atoms with Crippen LogP contribution < -0.4 is 5.32 Å². The van der Waals surface area contributed by atoms with E-state index in [1.165, 1.54) is 25.7 Å². The number of fused-ring (bicyclic) bond motifs is 1. The first-order chi connectivity index (χ1) is 7.75. The van der Waals surface area contributed by atoms with Crippen LogP contribution >= 0.6 is 0 Å². The van der Waals surface area contributed by atoms with Crippen molar-refractivity contribution in [3.8, 4) is 0 Å². The Bertz CT molecular complexity index is 278. The van der Waals surface area contributed by atoms with Crippen molar-refractivity contribution in [3.05, 3.63) is 0 Å². The predicted molar refractivity (Wildman–Crippen MR) is 60.9 cm³/mol. The van der Waals surface area contributed by atoms with Gasteiger partial charge in [0.05, 0.1) is 5.92 Å². The summed E-state index contributed by atoms with van der Waals surface area (Å²) in [4.78, 5) is 12.0. The highest BCUT2D eigenvalue weighted by Crippen LogP contribution is 2.41. The Morgan fingerprint density at radius 2 is 2.12 bits per heavy atom. The largest absolute Gasteiger partial charge is 0.462 e. The number of hydrogen-bond acceptors (Lipinski definition) is 3. The van der Waals surface area contributed by atoms with Crippen LogP contribution in [0.4, 0.5) is 0 Å². The molecular formula is C13H21NO2. The molecule has 16 heavy (non-hydrogen) atoms. The van der Waals surface area contributed by atoms with Crippen LogP contribution in [0.15, 0.2) is 0 Å². The second kappa shape index (κ2) is 4.02. The zero-order valence-corrected chi connectivity index (χ0v) is 9.95. The highest BCUT2D eigenvalue weighted by Gasteiger charge is 2.52. The molecule has 4 fully saturated rings. The van der Waals surface area contributed by atoms with E-state index in [-0.39, 0.29) is 18.0 Å². The van der Waals surface area contributed by atoms with Crippen molar-refractivity contribution in [2.45, 2.75) is 51.2 Å². The number of hydrogen-bond donors (Lipinski definition) is 1. The van der Waals surface area contributed by atoms with Gasteiger partial charge in [-0.3, -0.25) is 4.79 Å². The fourth-order valence-electron chi connectivity index (χ4n) is 3.52. The second-order valence-electron chi connectivity index (χ2n) is 5.77. The lowest BCUT2D eigenvalue weighted by Gasteiger charge is -2.35. The summed E-state index contributed by atoms with van der Waals surface area (Å²) >= 11 is 0. The first kappa shape index (κ1) is 10.6. The molecule has 2 aliphatic heterocycles. The molecule has 1 N–H and O–H groups in total. The van der Waals surface area contributed by atoms with E-state index in [1.54, 1.807) is 0 Å². The first-order valence-corrected chi connectivity index (χ1v) is 6.69. The van der Waals surface area contributed by atoms with Crippen molar-refractivity contribution >= 4 is 5.97 Å². The summed E-state index contributed by atoms with van der Waals surface area (Å²) in [6.45, 7) is 3.23. The monoisotopic (exact) mass is 223 g/mol. The van der Waals surface area contributed by atoms with E-state index >= 15 is 0 Å². The van der Waals surface area contributed by atoms with Crippen LogP contribution in [0.3, 0.4) is 0 Å². The van der Waals surface area contributed by atoms with Crippen molar-refractivity contribution in [3.63, 3.8) is 0 Å². The molecule has 90 valence electrons. The molecular weight excluding hydrogens is 202 g/mol. The van der Waals surface area contributed by atoms with Crippen LogP contribution in [-0.2, 0) is 9.53 Å². The highest BCUT2D eigenvalue weighted by atomic mass is 16.5. The standard InChI is InChI=1S/C13H21NO2/c1-8-4-2-3-5-11(8)16-13(15)12-9-6-10(12)14-7-9/h8-12,14H,2-7H2,1H3. The molecule has 2 saturated heterocycles. The molecule has 0 radical (unpaired) electrons. The summed E-state index contributed by atoms with van der Waals surface area (Å²) in [6, 6.07) is 0.427. The minimum atomic E-state index is 0.0741. The van der Waals surface area contributed by atoms with E-state index < -0.39 is 0 Å². The van der Waals surface area contributed by atoms with Gasteiger partial charge in [-0.25, -0.2) is 0 Å². The normalized spacial score (nSPS) is 46.2. The molecule has 5 unspecified atom stereocenters. The third-order valence-electron chi connectivity index (χ3n) is 4.71. The third kappa shape index (κ3) is 1.65. The lowest BCUT2D eigenvalue weighted by atomic mass is 9.74. The average Bonchev–Trinajstić information content (AvgIpc) is 2.83. The summed E-state index contributed by atoms with van der Waals surface area (Å²) in [6.07, 6.45) is 6.18. The Balaban J connectivity index is 1.56. The number of esters is 1. The Hall–Kier alpha value is -0.570. The molecule has 4 aliphatic rings. The average molecular weight is 223 g/mol. The van der Waals surface area contributed by atoms with Crippen molar-refractivity contribution in [1.82, 2.24) is 5.32 Å². The minimum absolute atomic E-state index is 0.0741. The van der Waals surface area contributed by atoms with E-state index in [4.69, 9.17) is 4.74 Å². The van der Waals surface area contributed by atoms with Gasteiger partial charge in [0.1, 0.15) is 6.10 Å². The lowest BCUT2D eigenvalue weighted by Crippen LogP contribution is -2.45. The van der Waals surface area contributed by atoms with Gasteiger partial charge in [-0.1, -0.05) is 13.3 Å². The molecule has 0 spiro atoms. The fourth-order valence-corrected chi connectivity index (χ4v) is 3.52. The quantitative estimate of drug-likeness (QED) is 0.724. The van der Waals surface area contributed by atoms with Crippen molar-refractivity contribution in [2.24, 2.45) is 17.8 Å². The van der Waals surface area contributed by atoms with E-state index in [0.29, 0.717) is 17.9 Å². The second-order valence-corrected chi connectivity index (χ2v) is 5.77. The summed E-state index contributed by atoms with van der Waals surface area (Å²) in [5.74, 6) is 1.37. The maximum absolute atomic E-state index is 12.0. The van der Waals surface area contributed by atoms with Gasteiger partial charge in [-0.05, 0) is 44.1 Å². The van der Waals surface area contributed by atoms with Gasteiger partial charge >= 0.3 is 5.97 Å². The molecule has 3 nitrogen and oxygen atoms in total.